The van der Waals surface area contributed by atoms with Gasteiger partial charge in [0, 0.05) is 36.4 Å². The molecule has 1 N–H and O–H groups in total. The molecule has 4 fully saturated rings. The largest absolute Gasteiger partial charge is 0.507 e. The zero-order valence-electron chi connectivity index (χ0n) is 59.3. The number of rotatable bonds is 17. The summed E-state index contributed by atoms with van der Waals surface area (Å²) in [5, 5.41) is 10.1. The SMILES string of the molecule is COc1c(C)cc([S+](c2ccccc2)c2ccccc2)cc1C.COc1ccc([S+](c2ccccc2)c2ccccc2)cc1.Cc1cc([S+](c2ccccc2)c2ccccc2)cc(C)c1O.Cc1cc([S+](c2ccccc2)c2ccccc2)cc(C)c1OC(=O)CC12CC3CC(CC(C3)C1)C2. The zero-order chi connectivity index (χ0) is 70.2. The lowest BCUT2D eigenvalue weighted by Gasteiger charge is -2.56. The molecule has 0 heterocycles. The van der Waals surface area contributed by atoms with E-state index in [1.807, 2.05) is 38.1 Å². The molecule has 12 aromatic carbocycles. The van der Waals surface area contributed by atoms with Crippen molar-refractivity contribution >= 4 is 49.5 Å². The second-order valence-electron chi connectivity index (χ2n) is 26.9. The fourth-order valence-corrected chi connectivity index (χ4v) is 24.2. The lowest BCUT2D eigenvalue weighted by Crippen LogP contribution is -2.47. The van der Waals surface area contributed by atoms with E-state index in [1.54, 1.807) is 14.2 Å². The number of hydrogen-bond acceptors (Lipinski definition) is 5. The Labute approximate surface area is 611 Å². The van der Waals surface area contributed by atoms with Crippen LogP contribution < -0.4 is 14.2 Å². The van der Waals surface area contributed by atoms with Gasteiger partial charge in [-0.3, -0.25) is 4.79 Å². The molecule has 16 rings (SSSR count). The van der Waals surface area contributed by atoms with E-state index in [0.29, 0.717) is 12.2 Å². The van der Waals surface area contributed by atoms with Crippen molar-refractivity contribution in [3.8, 4) is 23.0 Å². The van der Waals surface area contributed by atoms with Gasteiger partial charge in [0.05, 0.1) is 64.2 Å². The molecule has 12 aromatic rings. The van der Waals surface area contributed by atoms with Crippen LogP contribution in [-0.4, -0.2) is 25.3 Å². The topological polar surface area (TPSA) is 65.0 Å². The Morgan fingerprint density at radius 3 is 0.822 bits per heavy atom. The minimum Gasteiger partial charge on any atom is -0.507 e. The molecule has 0 aliphatic heterocycles. The van der Waals surface area contributed by atoms with Gasteiger partial charge in [-0.05, 0) is 258 Å². The number of benzene rings is 12. The summed E-state index contributed by atoms with van der Waals surface area (Å²) in [7, 11) is 2.89. The smallest absolute Gasteiger partial charge is 0.311 e. The summed E-state index contributed by atoms with van der Waals surface area (Å²) >= 11 is 0. The van der Waals surface area contributed by atoms with Crippen LogP contribution in [0.15, 0.2) is 362 Å². The number of ether oxygens (including phenoxy) is 3. The van der Waals surface area contributed by atoms with Crippen LogP contribution >= 0.6 is 0 Å². The number of aryl methyl sites for hydroxylation is 6. The van der Waals surface area contributed by atoms with E-state index in [9.17, 15) is 9.90 Å². The average Bonchev–Trinajstić information content (AvgIpc) is 0.755. The third kappa shape index (κ3) is 17.8. The molecule has 4 saturated carbocycles. The predicted molar refractivity (Wildman–Crippen MR) is 420 cm³/mol. The summed E-state index contributed by atoms with van der Waals surface area (Å²) in [4.78, 5) is 28.9. The van der Waals surface area contributed by atoms with E-state index in [4.69, 9.17) is 14.2 Å². The van der Waals surface area contributed by atoms with Gasteiger partial charge in [-0.15, -0.1) is 0 Å². The maximum Gasteiger partial charge on any atom is 0.311 e. The molecule has 0 aromatic heterocycles. The van der Waals surface area contributed by atoms with Crippen molar-refractivity contribution in [1.29, 1.82) is 0 Å². The molecule has 9 heteroatoms. The lowest BCUT2D eigenvalue weighted by molar-refractivity contribution is -0.142. The number of phenols is 1. The molecule has 0 amide bonds. The molecule has 5 nitrogen and oxygen atoms in total. The molecular weight excluding hydrogens is 1310 g/mol. The van der Waals surface area contributed by atoms with E-state index in [2.05, 4.69) is 307 Å². The average molecular weight is 1410 g/mol. The first-order valence-corrected chi connectivity index (χ1v) is 39.9. The monoisotopic (exact) mass is 1400 g/mol. The Morgan fingerprint density at radius 1 is 0.327 bits per heavy atom. The summed E-state index contributed by atoms with van der Waals surface area (Å²) in [6, 6.07) is 107. The Hall–Kier alpha value is -9.09. The van der Waals surface area contributed by atoms with E-state index in [0.717, 1.165) is 57.3 Å². The fourth-order valence-electron chi connectivity index (χ4n) is 15.3. The van der Waals surface area contributed by atoms with Gasteiger partial charge >= 0.3 is 5.97 Å². The zero-order valence-corrected chi connectivity index (χ0v) is 62.5. The molecule has 0 unspecified atom stereocenters. The Bertz CT molecular complexity index is 4360. The van der Waals surface area contributed by atoms with Gasteiger partial charge in [0.25, 0.3) is 0 Å². The number of carbonyl (C=O) groups excluding carboxylic acids is 1. The van der Waals surface area contributed by atoms with Crippen LogP contribution in [0.3, 0.4) is 0 Å². The Balaban J connectivity index is 0.000000131. The van der Waals surface area contributed by atoms with Crippen LogP contribution in [-0.2, 0) is 48.4 Å². The summed E-state index contributed by atoms with van der Waals surface area (Å²) < 4.78 is 16.9. The summed E-state index contributed by atoms with van der Waals surface area (Å²) in [5.74, 6) is 5.56. The molecule has 0 spiro atoms. The third-order valence-corrected chi connectivity index (χ3v) is 28.1. The molecule has 4 bridgehead atoms. The molecule has 4 aliphatic carbocycles. The summed E-state index contributed by atoms with van der Waals surface area (Å²) in [6.45, 7) is 12.3. The standard InChI is InChI=1S/C32H35O2S.C21H21OS.C20H18OS.C19H17OS/c1-22-13-29(35(27-9-5-3-6-10-27)28-11-7-4-8-12-28)14-23(2)31(22)34-30(33)21-32-18-24-15-25(19-32)17-26(16-24)20-32;1-16-14-20(15-17(2)21(16)22-3)23(18-10-6-4-7-11-18)19-12-8-5-9-13-19;1-15-13-19(14-16(2)20(15)21)22(17-9-5-3-6-10-17)18-11-7-4-8-12-18;1-20-16-12-14-19(15-13-16)21(17-8-4-2-5-9-17)18-10-6-3-7-11-18/h3-14,24-26H,15-21H2,1-2H3;4-15H,1-3H3;3-14H,1-2H3;2-15H,1H3/q2*+1;;+1/p+1. The molecule has 0 atom stereocenters. The second kappa shape index (κ2) is 34.1. The quantitative estimate of drug-likeness (QED) is 0.0559. The molecule has 0 radical (unpaired) electrons. The molecular formula is C92H92O5S4+4. The highest BCUT2D eigenvalue weighted by atomic mass is 32.2. The molecule has 4 aliphatic rings. The van der Waals surface area contributed by atoms with Crippen LogP contribution in [0, 0.1) is 64.7 Å². The predicted octanol–water partition coefficient (Wildman–Crippen LogP) is 23.2. The summed E-state index contributed by atoms with van der Waals surface area (Å²) in [6.07, 6.45) is 8.51. The van der Waals surface area contributed by atoms with Crippen LogP contribution in [0.5, 0.6) is 23.0 Å². The van der Waals surface area contributed by atoms with Crippen LogP contribution in [0.25, 0.3) is 0 Å². The van der Waals surface area contributed by atoms with Gasteiger partial charge in [-0.2, -0.15) is 0 Å². The van der Waals surface area contributed by atoms with Gasteiger partial charge in [0.1, 0.15) is 23.0 Å². The first-order chi connectivity index (χ1) is 49.2. The van der Waals surface area contributed by atoms with Crippen molar-refractivity contribution in [1.82, 2.24) is 0 Å². The van der Waals surface area contributed by atoms with Gasteiger partial charge in [-0.1, -0.05) is 146 Å². The van der Waals surface area contributed by atoms with E-state index < -0.39 is 0 Å². The molecule has 0 saturated heterocycles. The van der Waals surface area contributed by atoms with Crippen molar-refractivity contribution < 1.29 is 24.1 Å². The minimum absolute atomic E-state index is 0.0315. The maximum absolute atomic E-state index is 13.2. The van der Waals surface area contributed by atoms with E-state index in [1.165, 1.54) is 108 Å². The van der Waals surface area contributed by atoms with Crippen molar-refractivity contribution in [2.75, 3.05) is 14.2 Å². The highest BCUT2D eigenvalue weighted by molar-refractivity contribution is 7.98. The molecule has 101 heavy (non-hydrogen) atoms. The number of esters is 1. The first-order valence-electron chi connectivity index (χ1n) is 35.0. The first kappa shape index (κ1) is 71.7. The van der Waals surface area contributed by atoms with Crippen molar-refractivity contribution in [2.24, 2.45) is 23.2 Å². The highest BCUT2D eigenvalue weighted by Gasteiger charge is 2.52. The lowest BCUT2D eigenvalue weighted by atomic mass is 9.49. The fraction of sp³-hybridized carbons (Fsp3) is 0.207. The van der Waals surface area contributed by atoms with Crippen LogP contribution in [0.1, 0.15) is 78.3 Å². The maximum atomic E-state index is 13.2. The minimum atomic E-state index is -0.206. The second-order valence-corrected chi connectivity index (χ2v) is 35.0. The number of methoxy groups -OCH3 is 2. The number of hydrogen-bond donors (Lipinski definition) is 1. The van der Waals surface area contributed by atoms with Crippen molar-refractivity contribution in [3.63, 3.8) is 0 Å². The Morgan fingerprint density at radius 2 is 0.564 bits per heavy atom. The van der Waals surface area contributed by atoms with Crippen LogP contribution in [0.4, 0.5) is 0 Å². The van der Waals surface area contributed by atoms with Crippen LogP contribution in [0.2, 0.25) is 0 Å². The Kier molecular flexibility index (Phi) is 24.2. The summed E-state index contributed by atoms with van der Waals surface area (Å²) in [5.41, 5.74) is 6.53. The van der Waals surface area contributed by atoms with Gasteiger partial charge < -0.3 is 19.3 Å². The van der Waals surface area contributed by atoms with Crippen molar-refractivity contribution in [3.05, 3.63) is 337 Å². The normalized spacial score (nSPS) is 16.3. The number of aromatic hydroxyl groups is 1. The number of carbonyl (C=O) groups is 1. The van der Waals surface area contributed by atoms with Gasteiger partial charge in [0.15, 0.2) is 58.7 Å². The van der Waals surface area contributed by atoms with Gasteiger partial charge in [-0.25, -0.2) is 0 Å². The van der Waals surface area contributed by atoms with E-state index in [-0.39, 0.29) is 55.0 Å². The molecule has 510 valence electrons. The van der Waals surface area contributed by atoms with Gasteiger partial charge in [0.2, 0.25) is 0 Å². The third-order valence-electron chi connectivity index (χ3n) is 19.3. The highest BCUT2D eigenvalue weighted by Crippen LogP contribution is 2.61. The van der Waals surface area contributed by atoms with E-state index >= 15 is 0 Å². The number of phenolic OH excluding ortho intramolecular Hbond substituents is 1. The van der Waals surface area contributed by atoms with Crippen molar-refractivity contribution in [2.45, 2.75) is 145 Å².